The Balaban J connectivity index is 1.71. The Bertz CT molecular complexity index is 1410. The molecule has 0 aliphatic rings. The minimum Gasteiger partial charge on any atom is -0.387 e. The Labute approximate surface area is 172 Å². The fourth-order valence-electron chi connectivity index (χ4n) is 3.09. The van der Waals surface area contributed by atoms with Crippen molar-refractivity contribution in [1.82, 2.24) is 24.5 Å². The van der Waals surface area contributed by atoms with Gasteiger partial charge in [0.15, 0.2) is 0 Å². The molecule has 3 aromatic heterocycles. The van der Waals surface area contributed by atoms with Gasteiger partial charge >= 0.3 is 0 Å². The lowest BCUT2D eigenvalue weighted by Gasteiger charge is -2.09. The van der Waals surface area contributed by atoms with E-state index >= 15 is 0 Å². The van der Waals surface area contributed by atoms with Crippen molar-refractivity contribution < 1.29 is 13.5 Å². The first-order chi connectivity index (χ1) is 14.3. The van der Waals surface area contributed by atoms with Gasteiger partial charge in [0.25, 0.3) is 5.56 Å². The van der Waals surface area contributed by atoms with Crippen molar-refractivity contribution in [3.05, 3.63) is 76.7 Å². The first-order valence-electron chi connectivity index (χ1n) is 9.13. The minimum atomic E-state index is -3.75. The second kappa shape index (κ2) is 7.47. The van der Waals surface area contributed by atoms with Gasteiger partial charge in [-0.1, -0.05) is 6.07 Å². The quantitative estimate of drug-likeness (QED) is 0.514. The second-order valence-electron chi connectivity index (χ2n) is 6.94. The van der Waals surface area contributed by atoms with Gasteiger partial charge in [0.2, 0.25) is 9.84 Å². The van der Waals surface area contributed by atoms with E-state index in [1.54, 1.807) is 32.2 Å². The Morgan fingerprint density at radius 2 is 1.90 bits per heavy atom. The number of rotatable bonds is 5. The SMILES string of the molecule is C[C@@H](O)c1cccc(Cn2ncc3cc(S(=O)(=O)c4cnn(C)c4)ccc3c2=O)n1. The summed E-state index contributed by atoms with van der Waals surface area (Å²) in [5.74, 6) is 0. The van der Waals surface area contributed by atoms with Crippen molar-refractivity contribution in [2.75, 3.05) is 0 Å². The van der Waals surface area contributed by atoms with E-state index in [4.69, 9.17) is 0 Å². The number of aliphatic hydroxyl groups excluding tert-OH is 1. The predicted molar refractivity (Wildman–Crippen MR) is 109 cm³/mol. The molecule has 0 saturated heterocycles. The van der Waals surface area contributed by atoms with Crippen molar-refractivity contribution in [3.63, 3.8) is 0 Å². The molecular weight excluding hydrogens is 406 g/mol. The summed E-state index contributed by atoms with van der Waals surface area (Å²) in [6, 6.07) is 9.53. The standard InChI is InChI=1S/C20H19N5O4S/c1-13(26)19-5-3-4-15(23-19)11-25-20(27)18-7-6-16(8-14(18)9-22-25)30(28,29)17-10-21-24(2)12-17/h3-10,12-13,26H,11H2,1-2H3/t13-/m1/s1. The molecule has 0 saturated carbocycles. The number of aliphatic hydroxyl groups is 1. The van der Waals surface area contributed by atoms with Gasteiger partial charge in [-0.3, -0.25) is 14.5 Å². The van der Waals surface area contributed by atoms with Gasteiger partial charge in [0.1, 0.15) is 4.90 Å². The van der Waals surface area contributed by atoms with Crippen LogP contribution in [0.5, 0.6) is 0 Å². The molecule has 10 heteroatoms. The summed E-state index contributed by atoms with van der Waals surface area (Å²) in [4.78, 5) is 17.3. The number of fused-ring (bicyclic) bond motifs is 1. The molecule has 0 bridgehead atoms. The van der Waals surface area contributed by atoms with Crippen LogP contribution in [-0.2, 0) is 23.4 Å². The van der Waals surface area contributed by atoms with Crippen molar-refractivity contribution in [1.29, 1.82) is 0 Å². The van der Waals surface area contributed by atoms with E-state index in [9.17, 15) is 18.3 Å². The zero-order chi connectivity index (χ0) is 21.5. The van der Waals surface area contributed by atoms with Crippen molar-refractivity contribution in [3.8, 4) is 0 Å². The van der Waals surface area contributed by atoms with Crippen LogP contribution in [-0.4, -0.2) is 38.1 Å². The van der Waals surface area contributed by atoms with Crippen LogP contribution in [0.15, 0.2) is 69.6 Å². The lowest BCUT2D eigenvalue weighted by Crippen LogP contribution is -2.24. The van der Waals surface area contributed by atoms with Crippen LogP contribution in [0.25, 0.3) is 10.8 Å². The molecule has 4 aromatic rings. The average Bonchev–Trinajstić information content (AvgIpc) is 3.17. The van der Waals surface area contributed by atoms with Crippen LogP contribution in [0.4, 0.5) is 0 Å². The maximum absolute atomic E-state index is 12.8. The molecule has 1 aromatic carbocycles. The topological polar surface area (TPSA) is 120 Å². The summed E-state index contributed by atoms with van der Waals surface area (Å²) >= 11 is 0. The van der Waals surface area contributed by atoms with E-state index in [-0.39, 0.29) is 21.9 Å². The lowest BCUT2D eigenvalue weighted by atomic mass is 10.2. The summed E-state index contributed by atoms with van der Waals surface area (Å²) in [7, 11) is -2.11. The summed E-state index contributed by atoms with van der Waals surface area (Å²) in [6.07, 6.45) is 3.44. The van der Waals surface area contributed by atoms with E-state index in [0.29, 0.717) is 22.2 Å². The summed E-state index contributed by atoms with van der Waals surface area (Å²) in [6.45, 7) is 1.74. The number of benzene rings is 1. The van der Waals surface area contributed by atoms with Gasteiger partial charge in [-0.2, -0.15) is 10.2 Å². The summed E-state index contributed by atoms with van der Waals surface area (Å²) in [5.41, 5.74) is 0.729. The number of hydrogen-bond donors (Lipinski definition) is 1. The summed E-state index contributed by atoms with van der Waals surface area (Å²) < 4.78 is 28.2. The maximum atomic E-state index is 12.8. The van der Waals surface area contributed by atoms with E-state index in [0.717, 1.165) is 0 Å². The van der Waals surface area contributed by atoms with E-state index in [1.165, 1.54) is 46.2 Å². The average molecular weight is 425 g/mol. The van der Waals surface area contributed by atoms with Crippen LogP contribution < -0.4 is 5.56 Å². The zero-order valence-electron chi connectivity index (χ0n) is 16.3. The molecule has 9 nitrogen and oxygen atoms in total. The van der Waals surface area contributed by atoms with Gasteiger partial charge in [-0.05, 0) is 37.3 Å². The molecule has 154 valence electrons. The van der Waals surface area contributed by atoms with E-state index in [1.807, 2.05) is 0 Å². The molecule has 0 amide bonds. The molecule has 30 heavy (non-hydrogen) atoms. The molecule has 0 unspecified atom stereocenters. The molecule has 0 aliphatic carbocycles. The third kappa shape index (κ3) is 3.62. The highest BCUT2D eigenvalue weighted by atomic mass is 32.2. The smallest absolute Gasteiger partial charge is 0.274 e. The van der Waals surface area contributed by atoms with E-state index in [2.05, 4.69) is 15.2 Å². The number of hydrogen-bond acceptors (Lipinski definition) is 7. The lowest BCUT2D eigenvalue weighted by molar-refractivity contribution is 0.194. The third-order valence-corrected chi connectivity index (χ3v) is 6.40. The molecule has 0 fully saturated rings. The van der Waals surface area contributed by atoms with Crippen LogP contribution in [0.2, 0.25) is 0 Å². The van der Waals surface area contributed by atoms with Crippen molar-refractivity contribution in [2.45, 2.75) is 29.4 Å². The highest BCUT2D eigenvalue weighted by Crippen LogP contribution is 2.23. The molecule has 0 radical (unpaired) electrons. The highest BCUT2D eigenvalue weighted by molar-refractivity contribution is 7.91. The molecule has 1 atom stereocenters. The number of aromatic nitrogens is 5. The normalized spacial score (nSPS) is 12.9. The number of sulfone groups is 1. The number of aryl methyl sites for hydroxylation is 1. The third-order valence-electron chi connectivity index (χ3n) is 4.69. The molecule has 0 spiro atoms. The van der Waals surface area contributed by atoms with Gasteiger partial charge in [0.05, 0.1) is 46.7 Å². The first kappa shape index (κ1) is 19.9. The molecule has 0 aliphatic heterocycles. The highest BCUT2D eigenvalue weighted by Gasteiger charge is 2.20. The first-order valence-corrected chi connectivity index (χ1v) is 10.6. The predicted octanol–water partition coefficient (Wildman–Crippen LogP) is 1.46. The Kier molecular flexibility index (Phi) is 4.96. The number of nitrogens with zero attached hydrogens (tertiary/aromatic N) is 5. The molecule has 1 N–H and O–H groups in total. The molecular formula is C20H19N5O4S. The maximum Gasteiger partial charge on any atom is 0.274 e. The summed E-state index contributed by atoms with van der Waals surface area (Å²) in [5, 5.41) is 18.5. The van der Waals surface area contributed by atoms with Crippen molar-refractivity contribution >= 4 is 20.6 Å². The molecule has 4 rings (SSSR count). The van der Waals surface area contributed by atoms with Gasteiger partial charge in [-0.15, -0.1) is 0 Å². The minimum absolute atomic E-state index is 0.0632. The van der Waals surface area contributed by atoms with E-state index < -0.39 is 15.9 Å². The van der Waals surface area contributed by atoms with Crippen molar-refractivity contribution in [2.24, 2.45) is 7.05 Å². The van der Waals surface area contributed by atoms with Crippen LogP contribution in [0, 0.1) is 0 Å². The zero-order valence-corrected chi connectivity index (χ0v) is 17.1. The Morgan fingerprint density at radius 1 is 1.10 bits per heavy atom. The van der Waals surface area contributed by atoms with Crippen LogP contribution >= 0.6 is 0 Å². The van der Waals surface area contributed by atoms with Gasteiger partial charge < -0.3 is 5.11 Å². The van der Waals surface area contributed by atoms with Gasteiger partial charge in [0, 0.05) is 18.6 Å². The van der Waals surface area contributed by atoms with Crippen LogP contribution in [0.1, 0.15) is 24.4 Å². The molecule has 3 heterocycles. The Morgan fingerprint density at radius 3 is 2.60 bits per heavy atom. The van der Waals surface area contributed by atoms with Gasteiger partial charge in [-0.25, -0.2) is 13.1 Å². The monoisotopic (exact) mass is 425 g/mol. The second-order valence-corrected chi connectivity index (χ2v) is 8.89. The fourth-order valence-corrected chi connectivity index (χ4v) is 4.37. The number of pyridine rings is 1. The fraction of sp³-hybridized carbons (Fsp3) is 0.200. The largest absolute Gasteiger partial charge is 0.387 e. The van der Waals surface area contributed by atoms with Crippen LogP contribution in [0.3, 0.4) is 0 Å². The Hall–Kier alpha value is -3.37.